The number of rotatable bonds is 2. The van der Waals surface area contributed by atoms with Crippen molar-refractivity contribution in [2.75, 3.05) is 12.3 Å². The van der Waals surface area contributed by atoms with Crippen LogP contribution in [-0.4, -0.2) is 17.6 Å². The number of hydrogen-bond acceptors (Lipinski definition) is 3. The molecule has 4 N–H and O–H groups in total. The molecule has 2 rings (SSSR count). The monoisotopic (exact) mass is 192 g/mol. The highest BCUT2D eigenvalue weighted by molar-refractivity contribution is 5.93. The normalized spacial score (nSPS) is 20.1. The number of nitrogen functional groups attached to an aromatic ring is 1. The Bertz CT molecular complexity index is 372. The van der Waals surface area contributed by atoms with E-state index in [1.54, 1.807) is 12.1 Å². The standard InChI is InChI=1S/C10H12N2O2/c11-8-5-6(9-3-4-12-9)1-2-7(8)10(13)14/h1-2,5,9,12H,3-4,11H2,(H,13,14). The molecule has 0 aliphatic carbocycles. The molecule has 1 aromatic carbocycles. The van der Waals surface area contributed by atoms with E-state index in [9.17, 15) is 4.79 Å². The number of benzene rings is 1. The van der Waals surface area contributed by atoms with E-state index in [0.717, 1.165) is 18.5 Å². The number of carboxylic acid groups (broad SMARTS) is 1. The number of aromatic carboxylic acids is 1. The van der Waals surface area contributed by atoms with E-state index in [-0.39, 0.29) is 5.56 Å². The van der Waals surface area contributed by atoms with Gasteiger partial charge in [0, 0.05) is 11.7 Å². The van der Waals surface area contributed by atoms with Gasteiger partial charge in [0.2, 0.25) is 0 Å². The Morgan fingerprint density at radius 1 is 1.57 bits per heavy atom. The topological polar surface area (TPSA) is 75.3 Å². The van der Waals surface area contributed by atoms with Crippen LogP contribution < -0.4 is 11.1 Å². The van der Waals surface area contributed by atoms with Crippen molar-refractivity contribution in [2.24, 2.45) is 0 Å². The van der Waals surface area contributed by atoms with Crippen LogP contribution in [0.15, 0.2) is 18.2 Å². The van der Waals surface area contributed by atoms with E-state index in [1.165, 1.54) is 0 Å². The molecular formula is C10H12N2O2. The third-order valence-corrected chi connectivity index (χ3v) is 2.53. The molecule has 0 bridgehead atoms. The maximum Gasteiger partial charge on any atom is 0.337 e. The summed E-state index contributed by atoms with van der Waals surface area (Å²) in [7, 11) is 0. The highest BCUT2D eigenvalue weighted by Crippen LogP contribution is 2.25. The van der Waals surface area contributed by atoms with Gasteiger partial charge in [0.15, 0.2) is 0 Å². The lowest BCUT2D eigenvalue weighted by atomic mass is 9.96. The maximum absolute atomic E-state index is 10.7. The summed E-state index contributed by atoms with van der Waals surface area (Å²) in [4.78, 5) is 10.7. The molecule has 1 aliphatic rings. The fourth-order valence-electron chi connectivity index (χ4n) is 1.57. The lowest BCUT2D eigenvalue weighted by molar-refractivity contribution is 0.0698. The second-order valence-corrected chi connectivity index (χ2v) is 3.45. The lowest BCUT2D eigenvalue weighted by Crippen LogP contribution is -2.34. The quantitative estimate of drug-likeness (QED) is 0.611. The minimum atomic E-state index is -0.976. The first-order valence-corrected chi connectivity index (χ1v) is 4.54. The van der Waals surface area contributed by atoms with Gasteiger partial charge in [0.25, 0.3) is 0 Å². The molecule has 1 fully saturated rings. The summed E-state index contributed by atoms with van der Waals surface area (Å²) in [5, 5.41) is 12.0. The summed E-state index contributed by atoms with van der Waals surface area (Å²) < 4.78 is 0. The number of nitrogens with two attached hydrogens (primary N) is 1. The Morgan fingerprint density at radius 3 is 2.71 bits per heavy atom. The Labute approximate surface area is 81.7 Å². The van der Waals surface area contributed by atoms with Gasteiger partial charge in [0.1, 0.15) is 0 Å². The molecule has 4 nitrogen and oxygen atoms in total. The predicted octanol–water partition coefficient (Wildman–Crippen LogP) is 1.00. The molecule has 1 aliphatic heterocycles. The van der Waals surface area contributed by atoms with E-state index < -0.39 is 5.97 Å². The zero-order valence-electron chi connectivity index (χ0n) is 7.66. The SMILES string of the molecule is Nc1cc(C2CCN2)ccc1C(=O)O. The number of nitrogens with one attached hydrogen (secondary N) is 1. The van der Waals surface area contributed by atoms with Crippen LogP contribution >= 0.6 is 0 Å². The first-order valence-electron chi connectivity index (χ1n) is 4.54. The van der Waals surface area contributed by atoms with Crippen LogP contribution in [0.2, 0.25) is 0 Å². The molecule has 0 spiro atoms. The molecule has 1 atom stereocenters. The van der Waals surface area contributed by atoms with Crippen LogP contribution in [0.5, 0.6) is 0 Å². The summed E-state index contributed by atoms with van der Waals surface area (Å²) >= 11 is 0. The molecule has 0 radical (unpaired) electrons. The zero-order chi connectivity index (χ0) is 10.1. The summed E-state index contributed by atoms with van der Waals surface area (Å²) in [6.45, 7) is 1.02. The number of carbonyl (C=O) groups is 1. The fourth-order valence-corrected chi connectivity index (χ4v) is 1.57. The Balaban J connectivity index is 2.30. The van der Waals surface area contributed by atoms with Crippen molar-refractivity contribution in [3.63, 3.8) is 0 Å². The largest absolute Gasteiger partial charge is 0.478 e. The van der Waals surface area contributed by atoms with Crippen LogP contribution in [0.1, 0.15) is 28.4 Å². The molecule has 1 aromatic rings. The minimum Gasteiger partial charge on any atom is -0.478 e. The van der Waals surface area contributed by atoms with Crippen LogP contribution in [0.25, 0.3) is 0 Å². The van der Waals surface area contributed by atoms with E-state index in [0.29, 0.717) is 11.7 Å². The van der Waals surface area contributed by atoms with Gasteiger partial charge in [-0.15, -0.1) is 0 Å². The third kappa shape index (κ3) is 1.44. The Morgan fingerprint density at radius 2 is 2.29 bits per heavy atom. The van der Waals surface area contributed by atoms with Gasteiger partial charge < -0.3 is 16.2 Å². The van der Waals surface area contributed by atoms with Gasteiger partial charge in [0.05, 0.1) is 5.56 Å². The molecule has 0 saturated carbocycles. The molecule has 1 heterocycles. The van der Waals surface area contributed by atoms with Gasteiger partial charge in [-0.3, -0.25) is 0 Å². The van der Waals surface area contributed by atoms with E-state index in [1.807, 2.05) is 6.07 Å². The highest BCUT2D eigenvalue weighted by Gasteiger charge is 2.19. The average molecular weight is 192 g/mol. The van der Waals surface area contributed by atoms with Crippen molar-refractivity contribution in [1.82, 2.24) is 5.32 Å². The summed E-state index contributed by atoms with van der Waals surface area (Å²) in [5.74, 6) is -0.976. The first-order chi connectivity index (χ1) is 6.68. The molecule has 1 saturated heterocycles. The van der Waals surface area contributed by atoms with Crippen LogP contribution in [0, 0.1) is 0 Å². The van der Waals surface area contributed by atoms with Gasteiger partial charge >= 0.3 is 5.97 Å². The molecule has 0 amide bonds. The van der Waals surface area contributed by atoms with Gasteiger partial charge in [-0.2, -0.15) is 0 Å². The van der Waals surface area contributed by atoms with Crippen LogP contribution in [0.3, 0.4) is 0 Å². The van der Waals surface area contributed by atoms with Crippen molar-refractivity contribution in [2.45, 2.75) is 12.5 Å². The number of carboxylic acids is 1. The molecule has 74 valence electrons. The molecular weight excluding hydrogens is 180 g/mol. The predicted molar refractivity (Wildman–Crippen MR) is 53.2 cm³/mol. The third-order valence-electron chi connectivity index (χ3n) is 2.53. The van der Waals surface area contributed by atoms with Gasteiger partial charge in [-0.1, -0.05) is 6.07 Å². The van der Waals surface area contributed by atoms with E-state index in [4.69, 9.17) is 10.8 Å². The molecule has 0 aromatic heterocycles. The van der Waals surface area contributed by atoms with E-state index in [2.05, 4.69) is 5.32 Å². The second kappa shape index (κ2) is 3.31. The second-order valence-electron chi connectivity index (χ2n) is 3.45. The minimum absolute atomic E-state index is 0.174. The fraction of sp³-hybridized carbons (Fsp3) is 0.300. The molecule has 1 unspecified atom stereocenters. The number of anilines is 1. The van der Waals surface area contributed by atoms with Crippen molar-refractivity contribution in [1.29, 1.82) is 0 Å². The van der Waals surface area contributed by atoms with Gasteiger partial charge in [-0.25, -0.2) is 4.79 Å². The van der Waals surface area contributed by atoms with Crippen LogP contribution in [-0.2, 0) is 0 Å². The van der Waals surface area contributed by atoms with Crippen molar-refractivity contribution < 1.29 is 9.90 Å². The lowest BCUT2D eigenvalue weighted by Gasteiger charge is -2.28. The Hall–Kier alpha value is -1.55. The van der Waals surface area contributed by atoms with Crippen molar-refractivity contribution >= 4 is 11.7 Å². The molecule has 4 heteroatoms. The van der Waals surface area contributed by atoms with Crippen molar-refractivity contribution in [3.8, 4) is 0 Å². The maximum atomic E-state index is 10.7. The average Bonchev–Trinajstić information content (AvgIpc) is 2.00. The number of hydrogen-bond donors (Lipinski definition) is 3. The summed E-state index contributed by atoms with van der Waals surface area (Å²) in [5.41, 5.74) is 7.21. The van der Waals surface area contributed by atoms with E-state index >= 15 is 0 Å². The Kier molecular flexibility index (Phi) is 2.13. The van der Waals surface area contributed by atoms with Crippen LogP contribution in [0.4, 0.5) is 5.69 Å². The smallest absolute Gasteiger partial charge is 0.337 e. The highest BCUT2D eigenvalue weighted by atomic mass is 16.4. The van der Waals surface area contributed by atoms with Gasteiger partial charge in [-0.05, 0) is 30.7 Å². The summed E-state index contributed by atoms with van der Waals surface area (Å²) in [6, 6.07) is 5.46. The first kappa shape index (κ1) is 9.02. The van der Waals surface area contributed by atoms with Crippen molar-refractivity contribution in [3.05, 3.63) is 29.3 Å². The zero-order valence-corrected chi connectivity index (χ0v) is 7.66. The summed E-state index contributed by atoms with van der Waals surface area (Å²) in [6.07, 6.45) is 1.09. The molecule has 14 heavy (non-hydrogen) atoms.